The molecule has 0 aromatic heterocycles. The molecule has 2 unspecified atom stereocenters. The largest absolute Gasteiger partial charge is 0.387 e. The van der Waals surface area contributed by atoms with E-state index >= 15 is 0 Å². The Morgan fingerprint density at radius 1 is 1.39 bits per heavy atom. The lowest BCUT2D eigenvalue weighted by Crippen LogP contribution is -2.40. The van der Waals surface area contributed by atoms with Crippen molar-refractivity contribution in [3.8, 4) is 0 Å². The van der Waals surface area contributed by atoms with Crippen LogP contribution in [-0.2, 0) is 0 Å². The molecular weight excluding hydrogens is 224 g/mol. The molecule has 3 heteroatoms. The molecule has 0 amide bonds. The minimum Gasteiger partial charge on any atom is -0.387 e. The van der Waals surface area contributed by atoms with Gasteiger partial charge in [0, 0.05) is 13.1 Å². The molecule has 100 valence electrons. The van der Waals surface area contributed by atoms with Crippen molar-refractivity contribution >= 4 is 0 Å². The first kappa shape index (κ1) is 13.5. The fourth-order valence-corrected chi connectivity index (χ4v) is 2.80. The zero-order chi connectivity index (χ0) is 12.8. The SMILES string of the molecule is CNCC1CCCN(CC(O)c2ccccc2)C1. The van der Waals surface area contributed by atoms with Crippen LogP contribution in [-0.4, -0.2) is 43.2 Å². The van der Waals surface area contributed by atoms with Gasteiger partial charge in [-0.05, 0) is 44.5 Å². The molecule has 0 saturated carbocycles. The van der Waals surface area contributed by atoms with Crippen molar-refractivity contribution in [2.75, 3.05) is 33.2 Å². The van der Waals surface area contributed by atoms with Gasteiger partial charge in [0.1, 0.15) is 0 Å². The first-order valence-corrected chi connectivity index (χ1v) is 6.89. The molecule has 1 heterocycles. The molecule has 18 heavy (non-hydrogen) atoms. The fourth-order valence-electron chi connectivity index (χ4n) is 2.80. The number of hydrogen-bond donors (Lipinski definition) is 2. The highest BCUT2D eigenvalue weighted by molar-refractivity contribution is 5.17. The van der Waals surface area contributed by atoms with E-state index in [2.05, 4.69) is 10.2 Å². The molecule has 0 radical (unpaired) electrons. The van der Waals surface area contributed by atoms with E-state index in [1.165, 1.54) is 12.8 Å². The third kappa shape index (κ3) is 3.80. The van der Waals surface area contributed by atoms with Gasteiger partial charge in [-0.2, -0.15) is 0 Å². The minimum atomic E-state index is -0.362. The van der Waals surface area contributed by atoms with Gasteiger partial charge in [-0.25, -0.2) is 0 Å². The summed E-state index contributed by atoms with van der Waals surface area (Å²) in [5.41, 5.74) is 1.02. The maximum atomic E-state index is 10.2. The summed E-state index contributed by atoms with van der Waals surface area (Å²) in [6.07, 6.45) is 2.19. The molecule has 2 atom stereocenters. The average Bonchev–Trinajstić information content (AvgIpc) is 2.40. The molecule has 1 aromatic carbocycles. The average molecular weight is 248 g/mol. The van der Waals surface area contributed by atoms with Gasteiger partial charge in [0.25, 0.3) is 0 Å². The predicted octanol–water partition coefficient (Wildman–Crippen LogP) is 1.65. The number of piperidine rings is 1. The molecule has 0 bridgehead atoms. The van der Waals surface area contributed by atoms with Gasteiger partial charge in [-0.1, -0.05) is 30.3 Å². The van der Waals surface area contributed by atoms with Crippen LogP contribution in [0.2, 0.25) is 0 Å². The van der Waals surface area contributed by atoms with Crippen LogP contribution in [0.25, 0.3) is 0 Å². The Balaban J connectivity index is 1.85. The molecule has 0 aliphatic carbocycles. The Bertz CT molecular complexity index is 340. The predicted molar refractivity (Wildman–Crippen MR) is 74.5 cm³/mol. The lowest BCUT2D eigenvalue weighted by atomic mass is 9.97. The summed E-state index contributed by atoms with van der Waals surface area (Å²) in [6.45, 7) is 4.05. The van der Waals surface area contributed by atoms with Crippen LogP contribution in [0.5, 0.6) is 0 Å². The number of hydrogen-bond acceptors (Lipinski definition) is 3. The maximum Gasteiger partial charge on any atom is 0.0916 e. The van der Waals surface area contributed by atoms with Crippen molar-refractivity contribution in [3.05, 3.63) is 35.9 Å². The van der Waals surface area contributed by atoms with Crippen LogP contribution in [0.4, 0.5) is 0 Å². The quantitative estimate of drug-likeness (QED) is 0.832. The lowest BCUT2D eigenvalue weighted by molar-refractivity contribution is 0.0846. The van der Waals surface area contributed by atoms with E-state index in [-0.39, 0.29) is 6.10 Å². The van der Waals surface area contributed by atoms with Gasteiger partial charge in [0.05, 0.1) is 6.10 Å². The van der Waals surface area contributed by atoms with Crippen molar-refractivity contribution in [3.63, 3.8) is 0 Å². The topological polar surface area (TPSA) is 35.5 Å². The zero-order valence-electron chi connectivity index (χ0n) is 11.2. The zero-order valence-corrected chi connectivity index (χ0v) is 11.2. The summed E-state index contributed by atoms with van der Waals surface area (Å²) in [5, 5.41) is 13.5. The minimum absolute atomic E-state index is 0.362. The van der Waals surface area contributed by atoms with Crippen LogP contribution in [0.1, 0.15) is 24.5 Å². The molecule has 1 aromatic rings. The van der Waals surface area contributed by atoms with Crippen LogP contribution < -0.4 is 5.32 Å². The van der Waals surface area contributed by atoms with Gasteiger partial charge in [0.2, 0.25) is 0 Å². The van der Waals surface area contributed by atoms with Crippen molar-refractivity contribution < 1.29 is 5.11 Å². The van der Waals surface area contributed by atoms with Gasteiger partial charge >= 0.3 is 0 Å². The summed E-state index contributed by atoms with van der Waals surface area (Å²) >= 11 is 0. The summed E-state index contributed by atoms with van der Waals surface area (Å²) in [5.74, 6) is 0.728. The van der Waals surface area contributed by atoms with Crippen molar-refractivity contribution in [2.45, 2.75) is 18.9 Å². The Morgan fingerprint density at radius 3 is 2.89 bits per heavy atom. The van der Waals surface area contributed by atoms with Crippen LogP contribution in [0, 0.1) is 5.92 Å². The number of benzene rings is 1. The second kappa shape index (κ2) is 6.88. The van der Waals surface area contributed by atoms with E-state index in [1.807, 2.05) is 37.4 Å². The van der Waals surface area contributed by atoms with Crippen LogP contribution in [0.15, 0.2) is 30.3 Å². The molecule has 1 aliphatic rings. The molecule has 1 saturated heterocycles. The number of aliphatic hydroxyl groups excluding tert-OH is 1. The third-order valence-electron chi connectivity index (χ3n) is 3.71. The van der Waals surface area contributed by atoms with Gasteiger partial charge in [-0.3, -0.25) is 0 Å². The normalized spacial score (nSPS) is 22.9. The number of β-amino-alcohol motifs (C(OH)–C–C–N with tert-alkyl or cyclic N) is 1. The molecule has 3 nitrogen and oxygen atoms in total. The van der Waals surface area contributed by atoms with E-state index < -0.39 is 0 Å². The molecular formula is C15H24N2O. The van der Waals surface area contributed by atoms with Gasteiger partial charge in [0.15, 0.2) is 0 Å². The monoisotopic (exact) mass is 248 g/mol. The highest BCUT2D eigenvalue weighted by Gasteiger charge is 2.21. The Morgan fingerprint density at radius 2 is 2.17 bits per heavy atom. The first-order valence-electron chi connectivity index (χ1n) is 6.89. The maximum absolute atomic E-state index is 10.2. The summed E-state index contributed by atoms with van der Waals surface area (Å²) in [7, 11) is 2.01. The number of aliphatic hydroxyl groups is 1. The van der Waals surface area contributed by atoms with Crippen LogP contribution in [0.3, 0.4) is 0 Å². The molecule has 2 N–H and O–H groups in total. The fraction of sp³-hybridized carbons (Fsp3) is 0.600. The number of rotatable bonds is 5. The highest BCUT2D eigenvalue weighted by atomic mass is 16.3. The summed E-state index contributed by atoms with van der Waals surface area (Å²) in [6, 6.07) is 9.95. The van der Waals surface area contributed by atoms with Crippen molar-refractivity contribution in [2.24, 2.45) is 5.92 Å². The van der Waals surface area contributed by atoms with Crippen molar-refractivity contribution in [1.82, 2.24) is 10.2 Å². The molecule has 2 rings (SSSR count). The molecule has 0 spiro atoms. The van der Waals surface area contributed by atoms with Gasteiger partial charge in [-0.15, -0.1) is 0 Å². The molecule has 1 fully saturated rings. The van der Waals surface area contributed by atoms with E-state index in [4.69, 9.17) is 0 Å². The van der Waals surface area contributed by atoms with E-state index in [0.717, 1.165) is 37.7 Å². The standard InChI is InChI=1S/C15H24N2O/c1-16-10-13-6-5-9-17(11-13)12-15(18)14-7-3-2-4-8-14/h2-4,7-8,13,15-16,18H,5-6,9-12H2,1H3. The second-order valence-corrected chi connectivity index (χ2v) is 5.25. The van der Waals surface area contributed by atoms with Crippen LogP contribution >= 0.6 is 0 Å². The third-order valence-corrected chi connectivity index (χ3v) is 3.71. The smallest absolute Gasteiger partial charge is 0.0916 e. The lowest BCUT2D eigenvalue weighted by Gasteiger charge is -2.33. The van der Waals surface area contributed by atoms with Crippen molar-refractivity contribution in [1.29, 1.82) is 0 Å². The summed E-state index contributed by atoms with van der Waals surface area (Å²) < 4.78 is 0. The number of likely N-dealkylation sites (tertiary alicyclic amines) is 1. The Labute approximate surface area is 110 Å². The second-order valence-electron chi connectivity index (χ2n) is 5.25. The number of nitrogens with zero attached hydrogens (tertiary/aromatic N) is 1. The van der Waals surface area contributed by atoms with E-state index in [0.29, 0.717) is 0 Å². The number of nitrogens with one attached hydrogen (secondary N) is 1. The molecule has 1 aliphatic heterocycles. The highest BCUT2D eigenvalue weighted by Crippen LogP contribution is 2.20. The first-order chi connectivity index (χ1) is 8.79. The van der Waals surface area contributed by atoms with E-state index in [9.17, 15) is 5.11 Å². The van der Waals surface area contributed by atoms with E-state index in [1.54, 1.807) is 0 Å². The van der Waals surface area contributed by atoms with Gasteiger partial charge < -0.3 is 15.3 Å². The Hall–Kier alpha value is -0.900. The summed E-state index contributed by atoms with van der Waals surface area (Å²) in [4.78, 5) is 2.39. The Kier molecular flexibility index (Phi) is 5.17.